The van der Waals surface area contributed by atoms with Gasteiger partial charge in [0.05, 0.1) is 0 Å². The first kappa shape index (κ1) is 16.2. The largest absolute Gasteiger partial charge is 0.337 e. The number of carbonyl (C=O) groups is 2. The Hall–Kier alpha value is -1.64. The van der Waals surface area contributed by atoms with Crippen LogP contribution in [0.3, 0.4) is 0 Å². The van der Waals surface area contributed by atoms with Crippen LogP contribution >= 0.6 is 0 Å². The monoisotopic (exact) mass is 313 g/mol. The van der Waals surface area contributed by atoms with E-state index in [1.54, 1.807) is 0 Å². The summed E-state index contributed by atoms with van der Waals surface area (Å²) < 4.78 is 0. The Balaban J connectivity index is 1.76. The van der Waals surface area contributed by atoms with Gasteiger partial charge in [0.15, 0.2) is 5.78 Å². The zero-order valence-electron chi connectivity index (χ0n) is 14.7. The van der Waals surface area contributed by atoms with Crippen LogP contribution in [0, 0.1) is 19.8 Å². The van der Waals surface area contributed by atoms with Gasteiger partial charge < -0.3 is 4.90 Å². The number of fused-ring (bicyclic) bond motifs is 1. The second kappa shape index (κ2) is 6.10. The minimum atomic E-state index is -0.142. The summed E-state index contributed by atoms with van der Waals surface area (Å²) in [6.45, 7) is 8.37. The van der Waals surface area contributed by atoms with Crippen molar-refractivity contribution in [3.8, 4) is 0 Å². The quantitative estimate of drug-likeness (QED) is 0.832. The Kier molecular flexibility index (Phi) is 4.31. The molecule has 124 valence electrons. The maximum atomic E-state index is 12.8. The van der Waals surface area contributed by atoms with E-state index >= 15 is 0 Å². The molecule has 1 amide bonds. The van der Waals surface area contributed by atoms with Gasteiger partial charge in [-0.3, -0.25) is 9.59 Å². The standard InChI is InChI=1S/C20H27NO2/c1-12-9-16-7-8-17(20(23)18(16)10-13(12)2)11-19(22)21-14(3)5-6-15(21)4/h9-10,14-15,17H,5-8,11H2,1-4H3. The van der Waals surface area contributed by atoms with Crippen LogP contribution in [-0.4, -0.2) is 28.7 Å². The lowest BCUT2D eigenvalue weighted by Gasteiger charge is -2.30. The highest BCUT2D eigenvalue weighted by atomic mass is 16.2. The number of rotatable bonds is 2. The van der Waals surface area contributed by atoms with Crippen molar-refractivity contribution < 1.29 is 9.59 Å². The molecule has 1 aromatic rings. The van der Waals surface area contributed by atoms with Gasteiger partial charge in [-0.1, -0.05) is 6.07 Å². The Morgan fingerprint density at radius 1 is 1.09 bits per heavy atom. The van der Waals surface area contributed by atoms with E-state index < -0.39 is 0 Å². The van der Waals surface area contributed by atoms with Crippen LogP contribution in [0.15, 0.2) is 12.1 Å². The van der Waals surface area contributed by atoms with E-state index in [9.17, 15) is 9.59 Å². The maximum absolute atomic E-state index is 12.8. The molecule has 3 heteroatoms. The molecule has 0 saturated carbocycles. The lowest BCUT2D eigenvalue weighted by molar-refractivity contribution is -0.134. The molecular weight excluding hydrogens is 286 g/mol. The first-order valence-electron chi connectivity index (χ1n) is 8.84. The zero-order valence-corrected chi connectivity index (χ0v) is 14.7. The number of carbonyl (C=O) groups excluding carboxylic acids is 2. The van der Waals surface area contributed by atoms with Gasteiger partial charge in [0.2, 0.25) is 5.91 Å². The Labute approximate surface area is 139 Å². The van der Waals surface area contributed by atoms with Crippen LogP contribution in [0.2, 0.25) is 0 Å². The molecule has 1 fully saturated rings. The molecule has 1 aliphatic heterocycles. The average molecular weight is 313 g/mol. The predicted molar refractivity (Wildman–Crippen MR) is 91.7 cm³/mol. The molecule has 3 nitrogen and oxygen atoms in total. The second-order valence-electron chi connectivity index (χ2n) is 7.47. The smallest absolute Gasteiger partial charge is 0.223 e. The van der Waals surface area contributed by atoms with Crippen molar-refractivity contribution in [3.05, 3.63) is 34.4 Å². The SMILES string of the molecule is Cc1cc2c(cc1C)C(=O)C(CC(=O)N1C(C)CCC1C)CC2. The third-order valence-electron chi connectivity index (χ3n) is 5.78. The van der Waals surface area contributed by atoms with Crippen LogP contribution in [0.4, 0.5) is 0 Å². The van der Waals surface area contributed by atoms with E-state index in [1.807, 2.05) is 17.9 Å². The lowest BCUT2D eigenvalue weighted by Crippen LogP contribution is -2.40. The molecule has 0 aromatic heterocycles. The summed E-state index contributed by atoms with van der Waals surface area (Å²) in [5.41, 5.74) is 4.40. The van der Waals surface area contributed by atoms with Crippen molar-refractivity contribution in [2.75, 3.05) is 0 Å². The van der Waals surface area contributed by atoms with Crippen molar-refractivity contribution in [1.82, 2.24) is 4.90 Å². The van der Waals surface area contributed by atoms with Crippen molar-refractivity contribution in [2.45, 2.75) is 71.9 Å². The van der Waals surface area contributed by atoms with Gasteiger partial charge in [0.1, 0.15) is 0 Å². The fraction of sp³-hybridized carbons (Fsp3) is 0.600. The number of Topliss-reactive ketones (excluding diaryl/α,β-unsaturated/α-hetero) is 1. The lowest BCUT2D eigenvalue weighted by atomic mass is 9.79. The number of aryl methyl sites for hydroxylation is 3. The van der Waals surface area contributed by atoms with E-state index in [2.05, 4.69) is 26.8 Å². The number of benzene rings is 1. The molecule has 1 saturated heterocycles. The van der Waals surface area contributed by atoms with Gasteiger partial charge in [-0.2, -0.15) is 0 Å². The third kappa shape index (κ3) is 2.93. The number of ketones is 1. The number of likely N-dealkylation sites (tertiary alicyclic amines) is 1. The van der Waals surface area contributed by atoms with E-state index in [-0.39, 0.29) is 17.6 Å². The zero-order chi connectivity index (χ0) is 16.7. The normalized spacial score (nSPS) is 27.2. The highest BCUT2D eigenvalue weighted by molar-refractivity contribution is 6.02. The van der Waals surface area contributed by atoms with Gasteiger partial charge in [0.25, 0.3) is 0 Å². The minimum absolute atomic E-state index is 0.142. The second-order valence-corrected chi connectivity index (χ2v) is 7.47. The molecule has 1 aromatic carbocycles. The van der Waals surface area contributed by atoms with Gasteiger partial charge >= 0.3 is 0 Å². The summed E-state index contributed by atoms with van der Waals surface area (Å²) in [5.74, 6) is 0.187. The van der Waals surface area contributed by atoms with Crippen molar-refractivity contribution >= 4 is 11.7 Å². The number of nitrogens with zero attached hydrogens (tertiary/aromatic N) is 1. The highest BCUT2D eigenvalue weighted by Crippen LogP contribution is 2.32. The van der Waals surface area contributed by atoms with Gasteiger partial charge in [-0.25, -0.2) is 0 Å². The van der Waals surface area contributed by atoms with Crippen LogP contribution in [0.1, 0.15) is 66.6 Å². The summed E-state index contributed by atoms with van der Waals surface area (Å²) in [6, 6.07) is 4.79. The van der Waals surface area contributed by atoms with Gasteiger partial charge in [0, 0.05) is 30.0 Å². The average Bonchev–Trinajstić information content (AvgIpc) is 2.83. The molecule has 3 unspecified atom stereocenters. The Morgan fingerprint density at radius 3 is 2.35 bits per heavy atom. The van der Waals surface area contributed by atoms with Crippen LogP contribution in [-0.2, 0) is 11.2 Å². The maximum Gasteiger partial charge on any atom is 0.223 e. The summed E-state index contributed by atoms with van der Waals surface area (Å²) in [5, 5.41) is 0. The predicted octanol–water partition coefficient (Wildman–Crippen LogP) is 3.84. The van der Waals surface area contributed by atoms with E-state index in [0.717, 1.165) is 42.4 Å². The summed E-state index contributed by atoms with van der Waals surface area (Å²) in [6.07, 6.45) is 4.24. The molecule has 1 aliphatic carbocycles. The molecule has 0 bridgehead atoms. The summed E-state index contributed by atoms with van der Waals surface area (Å²) >= 11 is 0. The molecule has 0 N–H and O–H groups in total. The summed E-state index contributed by atoms with van der Waals surface area (Å²) in [7, 11) is 0. The fourth-order valence-electron chi connectivity index (χ4n) is 4.19. The first-order valence-corrected chi connectivity index (χ1v) is 8.84. The van der Waals surface area contributed by atoms with Crippen molar-refractivity contribution in [1.29, 1.82) is 0 Å². The molecule has 3 atom stereocenters. The van der Waals surface area contributed by atoms with Gasteiger partial charge in [-0.15, -0.1) is 0 Å². The number of hydrogen-bond acceptors (Lipinski definition) is 2. The third-order valence-corrected chi connectivity index (χ3v) is 5.78. The molecule has 0 radical (unpaired) electrons. The fourth-order valence-corrected chi connectivity index (χ4v) is 4.19. The number of hydrogen-bond donors (Lipinski definition) is 0. The highest BCUT2D eigenvalue weighted by Gasteiger charge is 2.35. The Bertz CT molecular complexity index is 639. The number of amides is 1. The summed E-state index contributed by atoms with van der Waals surface area (Å²) in [4.78, 5) is 27.5. The molecule has 2 aliphatic rings. The van der Waals surface area contributed by atoms with Crippen LogP contribution < -0.4 is 0 Å². The first-order chi connectivity index (χ1) is 10.9. The topological polar surface area (TPSA) is 37.4 Å². The van der Waals surface area contributed by atoms with Crippen molar-refractivity contribution in [3.63, 3.8) is 0 Å². The molecule has 23 heavy (non-hydrogen) atoms. The van der Waals surface area contributed by atoms with E-state index in [1.165, 1.54) is 5.56 Å². The van der Waals surface area contributed by atoms with E-state index in [0.29, 0.717) is 18.5 Å². The molecule has 0 spiro atoms. The van der Waals surface area contributed by atoms with Crippen LogP contribution in [0.5, 0.6) is 0 Å². The molecule has 1 heterocycles. The van der Waals surface area contributed by atoms with Crippen LogP contribution in [0.25, 0.3) is 0 Å². The molecular formula is C20H27NO2. The Morgan fingerprint density at radius 2 is 1.70 bits per heavy atom. The van der Waals surface area contributed by atoms with E-state index in [4.69, 9.17) is 0 Å². The van der Waals surface area contributed by atoms with Crippen molar-refractivity contribution in [2.24, 2.45) is 5.92 Å². The minimum Gasteiger partial charge on any atom is -0.337 e. The molecule has 3 rings (SSSR count). The van der Waals surface area contributed by atoms with Gasteiger partial charge in [-0.05, 0) is 76.1 Å².